The van der Waals surface area contributed by atoms with Crippen LogP contribution in [0.3, 0.4) is 0 Å². The minimum absolute atomic E-state index is 0.181. The van der Waals surface area contributed by atoms with Crippen LogP contribution < -0.4 is 0 Å². The first kappa shape index (κ1) is 43.0. The molecule has 0 saturated carbocycles. The summed E-state index contributed by atoms with van der Waals surface area (Å²) in [5.74, 6) is -1.47. The smallest absolute Gasteiger partial charge is 0.303 e. The van der Waals surface area contributed by atoms with E-state index in [4.69, 9.17) is 10.2 Å². The van der Waals surface area contributed by atoms with E-state index in [0.717, 1.165) is 44.9 Å². The molecular formula is C40H64O4. The number of allylic oxidation sites excluding steroid dienone is 13. The van der Waals surface area contributed by atoms with Gasteiger partial charge in [-0.05, 0) is 89.2 Å². The Morgan fingerprint density at radius 2 is 0.818 bits per heavy atom. The van der Waals surface area contributed by atoms with Gasteiger partial charge in [-0.2, -0.15) is 0 Å². The Morgan fingerprint density at radius 1 is 0.432 bits per heavy atom. The van der Waals surface area contributed by atoms with E-state index in [1.165, 1.54) is 70.6 Å². The molecule has 2 N–H and O–H groups in total. The minimum atomic E-state index is -0.759. The monoisotopic (exact) mass is 608 g/mol. The van der Waals surface area contributed by atoms with Crippen molar-refractivity contribution in [2.24, 2.45) is 0 Å². The Hall–Kier alpha value is -3.10. The normalized spacial score (nSPS) is 11.7. The summed E-state index contributed by atoms with van der Waals surface area (Å²) in [6, 6.07) is 0. The van der Waals surface area contributed by atoms with Gasteiger partial charge in [0, 0.05) is 12.8 Å². The Bertz CT molecular complexity index is 879. The van der Waals surface area contributed by atoms with E-state index in [-0.39, 0.29) is 12.8 Å². The highest BCUT2D eigenvalue weighted by Crippen LogP contribution is 2.07. The van der Waals surface area contributed by atoms with Gasteiger partial charge in [-0.3, -0.25) is 9.59 Å². The van der Waals surface area contributed by atoms with E-state index in [0.29, 0.717) is 6.42 Å². The molecule has 0 aromatic rings. The van der Waals surface area contributed by atoms with Crippen molar-refractivity contribution >= 4 is 11.9 Å². The SMILES string of the molecule is CCCCCC=CCC=CCC=CCC=CCCCC(=O)O.CCCCCCCCC=CCC=CCC=C=CCCC(=O)O. The molecule has 0 spiro atoms. The van der Waals surface area contributed by atoms with Crippen molar-refractivity contribution in [2.45, 2.75) is 149 Å². The molecule has 0 aliphatic rings. The quantitative estimate of drug-likeness (QED) is 0.0526. The standard InChI is InChI=1S/2C20H32O2/c2*1-2-3-4-5-6-7-8-9-10-11-12-13-14-15-16-17-18-19-20(21)22/h9-10,12-13,15,17H,2-8,11,14,18-19H2,1H3,(H,21,22);6-7,9-10,12-13,15-16H,2-5,8,11,14,17-19H2,1H3,(H,21,22). The van der Waals surface area contributed by atoms with Gasteiger partial charge in [-0.25, -0.2) is 0 Å². The molecule has 0 fully saturated rings. The zero-order valence-electron chi connectivity index (χ0n) is 28.1. The lowest BCUT2D eigenvalue weighted by molar-refractivity contribution is -0.138. The van der Waals surface area contributed by atoms with Crippen LogP contribution in [0.2, 0.25) is 0 Å². The van der Waals surface area contributed by atoms with Crippen molar-refractivity contribution in [3.63, 3.8) is 0 Å². The lowest BCUT2D eigenvalue weighted by atomic mass is 10.1. The van der Waals surface area contributed by atoms with E-state index < -0.39 is 11.9 Å². The maximum Gasteiger partial charge on any atom is 0.303 e. The third kappa shape index (κ3) is 45.9. The summed E-state index contributed by atoms with van der Waals surface area (Å²) in [6.45, 7) is 4.48. The lowest BCUT2D eigenvalue weighted by Gasteiger charge is -1.97. The third-order valence-electron chi connectivity index (χ3n) is 6.54. The highest BCUT2D eigenvalue weighted by Gasteiger charge is 1.93. The molecule has 0 radical (unpaired) electrons. The van der Waals surface area contributed by atoms with Gasteiger partial charge in [0.05, 0.1) is 0 Å². The number of aliphatic carboxylic acids is 2. The van der Waals surface area contributed by atoms with Crippen LogP contribution in [0.5, 0.6) is 0 Å². The second-order valence-corrected chi connectivity index (χ2v) is 10.9. The van der Waals surface area contributed by atoms with Crippen molar-refractivity contribution in [2.75, 3.05) is 0 Å². The average Bonchev–Trinajstić information content (AvgIpc) is 3.00. The van der Waals surface area contributed by atoms with Gasteiger partial charge in [-0.15, -0.1) is 5.73 Å². The van der Waals surface area contributed by atoms with Crippen LogP contribution in [0.4, 0.5) is 0 Å². The van der Waals surface area contributed by atoms with Crippen molar-refractivity contribution in [1.29, 1.82) is 0 Å². The Morgan fingerprint density at radius 3 is 1.32 bits per heavy atom. The minimum Gasteiger partial charge on any atom is -0.481 e. The molecule has 44 heavy (non-hydrogen) atoms. The summed E-state index contributed by atoms with van der Waals surface area (Å²) in [5.41, 5.74) is 3.00. The summed E-state index contributed by atoms with van der Waals surface area (Å²) < 4.78 is 0. The molecule has 0 heterocycles. The van der Waals surface area contributed by atoms with Crippen LogP contribution in [0.25, 0.3) is 0 Å². The van der Waals surface area contributed by atoms with E-state index in [9.17, 15) is 9.59 Å². The number of carbonyl (C=O) groups is 2. The fourth-order valence-corrected chi connectivity index (χ4v) is 3.96. The van der Waals surface area contributed by atoms with E-state index in [1.54, 1.807) is 6.08 Å². The second-order valence-electron chi connectivity index (χ2n) is 10.9. The number of rotatable bonds is 28. The Kier molecular flexibility index (Phi) is 39.0. The molecule has 0 aromatic heterocycles. The predicted octanol–water partition coefficient (Wildman–Crippen LogP) is 12.4. The Balaban J connectivity index is 0. The summed E-state index contributed by atoms with van der Waals surface area (Å²) in [4.78, 5) is 20.6. The molecule has 0 rings (SSSR count). The van der Waals surface area contributed by atoms with Crippen LogP contribution in [0.1, 0.15) is 149 Å². The highest BCUT2D eigenvalue weighted by atomic mass is 16.4. The summed E-state index contributed by atoms with van der Waals surface area (Å²) in [6.07, 6.45) is 51.8. The van der Waals surface area contributed by atoms with Gasteiger partial charge in [0.25, 0.3) is 0 Å². The topological polar surface area (TPSA) is 74.6 Å². The molecule has 0 aliphatic carbocycles. The summed E-state index contributed by atoms with van der Waals surface area (Å²) in [7, 11) is 0. The lowest BCUT2D eigenvalue weighted by Crippen LogP contribution is -1.92. The molecule has 4 heteroatoms. The van der Waals surface area contributed by atoms with Crippen LogP contribution in [0, 0.1) is 0 Å². The number of unbranched alkanes of at least 4 members (excludes halogenated alkanes) is 10. The number of hydrogen-bond acceptors (Lipinski definition) is 2. The summed E-state index contributed by atoms with van der Waals surface area (Å²) >= 11 is 0. The van der Waals surface area contributed by atoms with Crippen molar-refractivity contribution in [1.82, 2.24) is 0 Å². The maximum absolute atomic E-state index is 10.3. The molecule has 248 valence electrons. The van der Waals surface area contributed by atoms with Crippen molar-refractivity contribution in [3.05, 3.63) is 90.8 Å². The van der Waals surface area contributed by atoms with Gasteiger partial charge >= 0.3 is 11.9 Å². The largest absolute Gasteiger partial charge is 0.481 e. The highest BCUT2D eigenvalue weighted by molar-refractivity contribution is 5.67. The molecule has 0 aliphatic heterocycles. The van der Waals surface area contributed by atoms with E-state index >= 15 is 0 Å². The molecule has 0 bridgehead atoms. The molecule has 0 unspecified atom stereocenters. The van der Waals surface area contributed by atoms with Gasteiger partial charge in [-0.1, -0.05) is 132 Å². The van der Waals surface area contributed by atoms with E-state index in [1.807, 2.05) is 6.08 Å². The first-order valence-electron chi connectivity index (χ1n) is 17.3. The summed E-state index contributed by atoms with van der Waals surface area (Å²) in [5, 5.41) is 17.0. The number of hydrogen-bond donors (Lipinski definition) is 2. The zero-order valence-corrected chi connectivity index (χ0v) is 28.1. The van der Waals surface area contributed by atoms with Gasteiger partial charge in [0.1, 0.15) is 0 Å². The van der Waals surface area contributed by atoms with Crippen molar-refractivity contribution in [3.8, 4) is 0 Å². The van der Waals surface area contributed by atoms with Gasteiger partial charge in [0.2, 0.25) is 0 Å². The van der Waals surface area contributed by atoms with Crippen LogP contribution in [-0.4, -0.2) is 22.2 Å². The molecule has 0 saturated heterocycles. The van der Waals surface area contributed by atoms with Gasteiger partial charge in [0.15, 0.2) is 0 Å². The molecule has 0 amide bonds. The predicted molar refractivity (Wildman–Crippen MR) is 191 cm³/mol. The van der Waals surface area contributed by atoms with Crippen LogP contribution >= 0.6 is 0 Å². The second kappa shape index (κ2) is 39.9. The first-order chi connectivity index (χ1) is 21.5. The Labute approximate surface area is 270 Å². The number of carboxylic acids is 2. The fraction of sp³-hybridized carbons (Fsp3) is 0.575. The van der Waals surface area contributed by atoms with Crippen LogP contribution in [0.15, 0.2) is 90.8 Å². The average molecular weight is 609 g/mol. The third-order valence-corrected chi connectivity index (χ3v) is 6.54. The molecule has 0 aromatic carbocycles. The van der Waals surface area contributed by atoms with E-state index in [2.05, 4.69) is 92.5 Å². The number of carboxylic acid groups (broad SMARTS) is 2. The first-order valence-corrected chi connectivity index (χ1v) is 17.3. The molecule has 0 atom stereocenters. The fourth-order valence-electron chi connectivity index (χ4n) is 3.96. The van der Waals surface area contributed by atoms with Gasteiger partial charge < -0.3 is 10.2 Å². The maximum atomic E-state index is 10.3. The molecular weight excluding hydrogens is 544 g/mol. The molecule has 4 nitrogen and oxygen atoms in total. The van der Waals surface area contributed by atoms with Crippen LogP contribution in [-0.2, 0) is 9.59 Å². The van der Waals surface area contributed by atoms with Crippen molar-refractivity contribution < 1.29 is 19.8 Å². The zero-order chi connectivity index (χ0) is 32.6.